The molecule has 4 aromatic heterocycles. The first-order chi connectivity index (χ1) is 27.8. The van der Waals surface area contributed by atoms with Crippen LogP contribution >= 0.6 is 45.3 Å². The van der Waals surface area contributed by atoms with Crippen LogP contribution in [0.5, 0.6) is 0 Å². The summed E-state index contributed by atoms with van der Waals surface area (Å²) in [5.41, 5.74) is 12.5. The lowest BCUT2D eigenvalue weighted by atomic mass is 9.94. The molecule has 0 amide bonds. The van der Waals surface area contributed by atoms with Gasteiger partial charge in [-0.25, -0.2) is 0 Å². The van der Waals surface area contributed by atoms with Crippen LogP contribution in [0.2, 0.25) is 0 Å². The van der Waals surface area contributed by atoms with Gasteiger partial charge in [-0.05, 0) is 80.9 Å². The van der Waals surface area contributed by atoms with E-state index in [2.05, 4.69) is 206 Å². The molecule has 4 heterocycles. The summed E-state index contributed by atoms with van der Waals surface area (Å²) in [4.78, 5) is 10.2. The molecule has 0 saturated carbocycles. The SMILES string of the molecule is c1ccc(-c2ccc(-c3ccccc3-c3cc(-c4ccccc4)sc3-c3sc(-c4ccccc4)cc3-c3ccccc3-c3ccc(-c4ccccc4)s3)s2)cc1. The minimum Gasteiger partial charge on any atom is -0.135 e. The van der Waals surface area contributed by atoms with Crippen molar-refractivity contribution in [1.29, 1.82) is 0 Å². The Bertz CT molecular complexity index is 2690. The van der Waals surface area contributed by atoms with Crippen LogP contribution in [0.3, 0.4) is 0 Å². The molecule has 0 aliphatic rings. The van der Waals surface area contributed by atoms with Crippen LogP contribution in [-0.4, -0.2) is 0 Å². The first-order valence-corrected chi connectivity index (χ1v) is 21.9. The second-order valence-electron chi connectivity index (χ2n) is 13.6. The van der Waals surface area contributed by atoms with Crippen molar-refractivity contribution in [2.75, 3.05) is 0 Å². The fraction of sp³-hybridized carbons (Fsp3) is 0. The molecular formula is C52H34S4. The molecular weight excluding hydrogens is 753 g/mol. The van der Waals surface area contributed by atoms with E-state index >= 15 is 0 Å². The molecule has 0 saturated heterocycles. The molecule has 0 atom stereocenters. The minimum absolute atomic E-state index is 1.23. The smallest absolute Gasteiger partial charge is 0.0534 e. The molecule has 10 aromatic rings. The molecule has 10 rings (SSSR count). The average molecular weight is 787 g/mol. The molecule has 0 aliphatic heterocycles. The monoisotopic (exact) mass is 786 g/mol. The standard InChI is InChI=1S/C52H34S4/c1-5-17-35(18-6-1)45-29-31-47(53-45)41-27-15-13-25-39(41)43-33-49(37-21-9-3-10-22-37)55-51(43)52-44(34-50(56-52)38-23-11-4-12-24-38)40-26-14-16-28-42(40)48-32-30-46(54-48)36-19-7-2-8-20-36/h1-34H. The van der Waals surface area contributed by atoms with E-state index in [4.69, 9.17) is 0 Å². The van der Waals surface area contributed by atoms with Gasteiger partial charge in [-0.3, -0.25) is 0 Å². The van der Waals surface area contributed by atoms with E-state index in [0.717, 1.165) is 0 Å². The molecule has 0 radical (unpaired) electrons. The van der Waals surface area contributed by atoms with Gasteiger partial charge in [0.2, 0.25) is 0 Å². The summed E-state index contributed by atoms with van der Waals surface area (Å²) >= 11 is 7.53. The maximum absolute atomic E-state index is 2.43. The fourth-order valence-electron chi connectivity index (χ4n) is 7.35. The number of thiophene rings is 4. The zero-order chi connectivity index (χ0) is 37.3. The summed E-state index contributed by atoms with van der Waals surface area (Å²) < 4.78 is 0. The summed E-state index contributed by atoms with van der Waals surface area (Å²) in [7, 11) is 0. The van der Waals surface area contributed by atoms with Gasteiger partial charge in [0.25, 0.3) is 0 Å². The zero-order valence-corrected chi connectivity index (χ0v) is 33.5. The van der Waals surface area contributed by atoms with Crippen LogP contribution in [0.1, 0.15) is 0 Å². The highest BCUT2D eigenvalue weighted by molar-refractivity contribution is 7.26. The van der Waals surface area contributed by atoms with E-state index in [1.807, 2.05) is 45.3 Å². The average Bonchev–Trinajstić information content (AvgIpc) is 4.12. The van der Waals surface area contributed by atoms with Gasteiger partial charge in [0.15, 0.2) is 0 Å². The lowest BCUT2D eigenvalue weighted by molar-refractivity contribution is 1.64. The van der Waals surface area contributed by atoms with Crippen LogP contribution in [-0.2, 0) is 0 Å². The van der Waals surface area contributed by atoms with Gasteiger partial charge in [0.05, 0.1) is 9.75 Å². The van der Waals surface area contributed by atoms with Crippen LogP contribution < -0.4 is 0 Å². The van der Waals surface area contributed by atoms with Gasteiger partial charge in [0, 0.05) is 40.4 Å². The van der Waals surface area contributed by atoms with Crippen molar-refractivity contribution < 1.29 is 0 Å². The van der Waals surface area contributed by atoms with Crippen LogP contribution in [0.15, 0.2) is 206 Å². The topological polar surface area (TPSA) is 0 Å². The highest BCUT2D eigenvalue weighted by atomic mass is 32.1. The Labute approximate surface area is 344 Å². The molecule has 4 heteroatoms. The summed E-state index contributed by atoms with van der Waals surface area (Å²) in [6.07, 6.45) is 0. The first kappa shape index (κ1) is 34.6. The molecule has 266 valence electrons. The Morgan fingerprint density at radius 3 is 0.839 bits per heavy atom. The third-order valence-electron chi connectivity index (χ3n) is 10.1. The maximum Gasteiger partial charge on any atom is 0.0534 e. The second kappa shape index (κ2) is 15.3. The van der Waals surface area contributed by atoms with E-state index in [9.17, 15) is 0 Å². The second-order valence-corrected chi connectivity index (χ2v) is 17.9. The van der Waals surface area contributed by atoms with Crippen LogP contribution in [0.4, 0.5) is 0 Å². The number of hydrogen-bond donors (Lipinski definition) is 0. The maximum atomic E-state index is 2.43. The van der Waals surface area contributed by atoms with Crippen molar-refractivity contribution >= 4 is 45.3 Å². The third kappa shape index (κ3) is 6.72. The molecule has 0 aliphatic carbocycles. The van der Waals surface area contributed by atoms with Crippen molar-refractivity contribution in [2.24, 2.45) is 0 Å². The molecule has 0 N–H and O–H groups in total. The Morgan fingerprint density at radius 1 is 0.196 bits per heavy atom. The van der Waals surface area contributed by atoms with Crippen molar-refractivity contribution in [3.05, 3.63) is 206 Å². The quantitative estimate of drug-likeness (QED) is 0.137. The van der Waals surface area contributed by atoms with Gasteiger partial charge in [-0.2, -0.15) is 0 Å². The van der Waals surface area contributed by atoms with Crippen LogP contribution in [0.25, 0.3) is 94.7 Å². The normalized spacial score (nSPS) is 11.2. The Hall–Kier alpha value is -5.88. The molecule has 0 unspecified atom stereocenters. The zero-order valence-electron chi connectivity index (χ0n) is 30.3. The predicted octanol–water partition coefficient (Wildman–Crippen LogP) is 16.9. The highest BCUT2D eigenvalue weighted by Gasteiger charge is 2.24. The summed E-state index contributed by atoms with van der Waals surface area (Å²) in [5, 5.41) is 0. The largest absolute Gasteiger partial charge is 0.135 e. The molecule has 0 bridgehead atoms. The van der Waals surface area contributed by atoms with Crippen molar-refractivity contribution in [2.45, 2.75) is 0 Å². The highest BCUT2D eigenvalue weighted by Crippen LogP contribution is 2.54. The predicted molar refractivity (Wildman–Crippen MR) is 247 cm³/mol. The Morgan fingerprint density at radius 2 is 0.482 bits per heavy atom. The van der Waals surface area contributed by atoms with E-state index < -0.39 is 0 Å². The van der Waals surface area contributed by atoms with Gasteiger partial charge >= 0.3 is 0 Å². The third-order valence-corrected chi connectivity index (χ3v) is 14.9. The first-order valence-electron chi connectivity index (χ1n) is 18.7. The van der Waals surface area contributed by atoms with E-state index in [0.29, 0.717) is 0 Å². The Balaban J connectivity index is 1.18. The van der Waals surface area contributed by atoms with Crippen molar-refractivity contribution in [3.63, 3.8) is 0 Å². The summed E-state index contributed by atoms with van der Waals surface area (Å²) in [6, 6.07) is 75.1. The van der Waals surface area contributed by atoms with Gasteiger partial charge in [0.1, 0.15) is 0 Å². The Kier molecular flexibility index (Phi) is 9.47. The molecule has 56 heavy (non-hydrogen) atoms. The minimum atomic E-state index is 1.23. The molecule has 0 spiro atoms. The van der Waals surface area contributed by atoms with E-state index in [1.54, 1.807) is 0 Å². The van der Waals surface area contributed by atoms with Crippen molar-refractivity contribution in [1.82, 2.24) is 0 Å². The van der Waals surface area contributed by atoms with E-state index in [-0.39, 0.29) is 0 Å². The lowest BCUT2D eigenvalue weighted by Gasteiger charge is -2.12. The number of benzene rings is 6. The fourth-order valence-corrected chi connectivity index (χ4v) is 12.0. The van der Waals surface area contributed by atoms with Gasteiger partial charge < -0.3 is 0 Å². The van der Waals surface area contributed by atoms with Gasteiger partial charge in [-0.1, -0.05) is 170 Å². The summed E-state index contributed by atoms with van der Waals surface area (Å²) in [5.74, 6) is 0. The van der Waals surface area contributed by atoms with E-state index in [1.165, 1.54) is 94.7 Å². The molecule has 6 aromatic carbocycles. The molecule has 0 fully saturated rings. The lowest BCUT2D eigenvalue weighted by Crippen LogP contribution is -1.85. The number of rotatable bonds is 9. The van der Waals surface area contributed by atoms with Crippen molar-refractivity contribution in [3.8, 4) is 94.7 Å². The van der Waals surface area contributed by atoms with Gasteiger partial charge in [-0.15, -0.1) is 45.3 Å². The molecule has 0 nitrogen and oxygen atoms in total. The van der Waals surface area contributed by atoms with Crippen LogP contribution in [0, 0.1) is 0 Å². The summed E-state index contributed by atoms with van der Waals surface area (Å²) in [6.45, 7) is 0. The number of hydrogen-bond acceptors (Lipinski definition) is 4.